The van der Waals surface area contributed by atoms with E-state index in [1.54, 1.807) is 6.92 Å². The Morgan fingerprint density at radius 1 is 1.12 bits per heavy atom. The molecule has 1 aromatic heterocycles. The van der Waals surface area contributed by atoms with E-state index in [0.717, 1.165) is 42.9 Å². The first-order chi connectivity index (χ1) is 15.8. The minimum absolute atomic E-state index is 0.00297. The zero-order valence-corrected chi connectivity index (χ0v) is 18.6. The Hall–Kier alpha value is -2.88. The molecule has 0 atom stereocenters. The number of hydrogen-bond acceptors (Lipinski definition) is 6. The molecule has 0 amide bonds. The summed E-state index contributed by atoms with van der Waals surface area (Å²) >= 11 is 0. The largest absolute Gasteiger partial charge is 0.477 e. The zero-order chi connectivity index (χ0) is 23.8. The molecule has 1 saturated heterocycles. The van der Waals surface area contributed by atoms with Gasteiger partial charge in [-0.1, -0.05) is 18.6 Å². The molecule has 1 aliphatic heterocycles. The number of hydrogen-bond donors (Lipinski definition) is 0. The van der Waals surface area contributed by atoms with Gasteiger partial charge in [-0.15, -0.1) is 5.10 Å². The molecular weight excluding hydrogens is 439 g/mol. The highest BCUT2D eigenvalue weighted by Crippen LogP contribution is 2.29. The average Bonchev–Trinajstić information content (AvgIpc) is 3.19. The summed E-state index contributed by atoms with van der Waals surface area (Å²) in [6.45, 7) is 4.80. The first-order valence-corrected chi connectivity index (χ1v) is 11.1. The number of halogens is 3. The summed E-state index contributed by atoms with van der Waals surface area (Å²) in [5.74, 6) is -1.15. The highest BCUT2D eigenvalue weighted by molar-refractivity contribution is 5.97. The molecule has 0 aliphatic carbocycles. The van der Waals surface area contributed by atoms with Crippen LogP contribution in [0, 0.1) is 0 Å². The van der Waals surface area contributed by atoms with E-state index in [0.29, 0.717) is 6.61 Å². The SMILES string of the molecule is CCOC(=O)c1cc(OCCCN2CCCCC2)nn1CC(=O)c1cccc(C(F)(F)F)c1. The average molecular weight is 467 g/mol. The lowest BCUT2D eigenvalue weighted by atomic mass is 10.1. The zero-order valence-electron chi connectivity index (χ0n) is 18.6. The van der Waals surface area contributed by atoms with Gasteiger partial charge < -0.3 is 14.4 Å². The fraction of sp³-hybridized carbons (Fsp3) is 0.522. The lowest BCUT2D eigenvalue weighted by molar-refractivity contribution is -0.137. The summed E-state index contributed by atoms with van der Waals surface area (Å²) in [6, 6.07) is 5.53. The molecule has 33 heavy (non-hydrogen) atoms. The Morgan fingerprint density at radius 2 is 1.88 bits per heavy atom. The molecule has 7 nitrogen and oxygen atoms in total. The Kier molecular flexibility index (Phi) is 8.49. The van der Waals surface area contributed by atoms with E-state index in [9.17, 15) is 22.8 Å². The number of Topliss-reactive ketones (excluding diaryl/α,β-unsaturated/α-hetero) is 1. The highest BCUT2D eigenvalue weighted by atomic mass is 19.4. The monoisotopic (exact) mass is 467 g/mol. The van der Waals surface area contributed by atoms with Crippen molar-refractivity contribution >= 4 is 11.8 Å². The van der Waals surface area contributed by atoms with Gasteiger partial charge >= 0.3 is 12.1 Å². The molecule has 0 unspecified atom stereocenters. The van der Waals surface area contributed by atoms with Gasteiger partial charge in [0.05, 0.1) is 18.8 Å². The maximum Gasteiger partial charge on any atom is 0.416 e. The van der Waals surface area contributed by atoms with Crippen molar-refractivity contribution in [2.45, 2.75) is 45.3 Å². The molecule has 2 aromatic rings. The molecule has 0 radical (unpaired) electrons. The summed E-state index contributed by atoms with van der Waals surface area (Å²) in [4.78, 5) is 27.3. The van der Waals surface area contributed by atoms with Crippen LogP contribution in [-0.2, 0) is 17.5 Å². The number of benzene rings is 1. The van der Waals surface area contributed by atoms with Crippen LogP contribution in [0.2, 0.25) is 0 Å². The molecule has 1 aliphatic rings. The number of carbonyl (C=O) groups excluding carboxylic acids is 2. The van der Waals surface area contributed by atoms with Gasteiger partial charge in [0.1, 0.15) is 6.54 Å². The lowest BCUT2D eigenvalue weighted by Gasteiger charge is -2.26. The smallest absolute Gasteiger partial charge is 0.416 e. The second-order valence-electron chi connectivity index (χ2n) is 7.85. The van der Waals surface area contributed by atoms with Gasteiger partial charge in [0.2, 0.25) is 5.88 Å². The predicted octanol–water partition coefficient (Wildman–Crippen LogP) is 4.22. The summed E-state index contributed by atoms with van der Waals surface area (Å²) in [6.07, 6.45) is -0.111. The Morgan fingerprint density at radius 3 is 2.58 bits per heavy atom. The minimum Gasteiger partial charge on any atom is -0.477 e. The summed E-state index contributed by atoms with van der Waals surface area (Å²) < 4.78 is 50.7. The van der Waals surface area contributed by atoms with E-state index < -0.39 is 30.0 Å². The number of esters is 1. The third-order valence-electron chi connectivity index (χ3n) is 5.36. The second-order valence-corrected chi connectivity index (χ2v) is 7.85. The molecule has 1 fully saturated rings. The number of alkyl halides is 3. The topological polar surface area (TPSA) is 73.7 Å². The van der Waals surface area contributed by atoms with Crippen LogP contribution in [0.1, 0.15) is 59.0 Å². The van der Waals surface area contributed by atoms with Crippen molar-refractivity contribution in [1.82, 2.24) is 14.7 Å². The van der Waals surface area contributed by atoms with Crippen LogP contribution in [0.15, 0.2) is 30.3 Å². The van der Waals surface area contributed by atoms with Gasteiger partial charge in [-0.3, -0.25) is 4.79 Å². The van der Waals surface area contributed by atoms with Crippen molar-refractivity contribution in [3.63, 3.8) is 0 Å². The normalized spacial score (nSPS) is 14.8. The van der Waals surface area contributed by atoms with Crippen LogP contribution in [0.25, 0.3) is 0 Å². The lowest BCUT2D eigenvalue weighted by Crippen LogP contribution is -2.31. The van der Waals surface area contributed by atoms with Crippen molar-refractivity contribution in [3.8, 4) is 5.88 Å². The van der Waals surface area contributed by atoms with Crippen LogP contribution < -0.4 is 4.74 Å². The van der Waals surface area contributed by atoms with Gasteiger partial charge in [-0.25, -0.2) is 9.48 Å². The number of rotatable bonds is 10. The van der Waals surface area contributed by atoms with Gasteiger partial charge in [-0.05, 0) is 51.4 Å². The standard InChI is InChI=1S/C23H28F3N3O4/c1-2-32-22(31)19-15-21(33-13-7-12-28-10-4-3-5-11-28)27-29(19)16-20(30)17-8-6-9-18(14-17)23(24,25)26/h6,8-9,14-15H,2-5,7,10-13,16H2,1H3. The summed E-state index contributed by atoms with van der Waals surface area (Å²) in [7, 11) is 0. The Balaban J connectivity index is 1.67. The Bertz CT molecular complexity index is 953. The van der Waals surface area contributed by atoms with Crippen molar-refractivity contribution < 1.29 is 32.2 Å². The van der Waals surface area contributed by atoms with Crippen molar-refractivity contribution in [2.75, 3.05) is 32.8 Å². The minimum atomic E-state index is -4.56. The number of piperidine rings is 1. The molecule has 0 spiro atoms. The van der Waals surface area contributed by atoms with Gasteiger partial charge in [0.15, 0.2) is 11.5 Å². The van der Waals surface area contributed by atoms with Crippen LogP contribution in [-0.4, -0.2) is 59.3 Å². The number of likely N-dealkylation sites (tertiary alicyclic amines) is 1. The van der Waals surface area contributed by atoms with Crippen LogP contribution in [0.4, 0.5) is 13.2 Å². The van der Waals surface area contributed by atoms with E-state index in [-0.39, 0.29) is 23.7 Å². The molecule has 10 heteroatoms. The van der Waals surface area contributed by atoms with Crippen LogP contribution in [0.5, 0.6) is 5.88 Å². The van der Waals surface area contributed by atoms with E-state index in [1.807, 2.05) is 0 Å². The fourth-order valence-corrected chi connectivity index (χ4v) is 3.70. The number of aromatic nitrogens is 2. The Labute approximate surface area is 190 Å². The van der Waals surface area contributed by atoms with E-state index >= 15 is 0 Å². The first-order valence-electron chi connectivity index (χ1n) is 11.1. The maximum absolute atomic E-state index is 13.0. The van der Waals surface area contributed by atoms with Gasteiger partial charge in [0.25, 0.3) is 0 Å². The second kappa shape index (κ2) is 11.3. The third-order valence-corrected chi connectivity index (χ3v) is 5.36. The molecule has 2 heterocycles. The number of nitrogens with zero attached hydrogens (tertiary/aromatic N) is 3. The van der Waals surface area contributed by atoms with Crippen LogP contribution in [0.3, 0.4) is 0 Å². The quantitative estimate of drug-likeness (QED) is 0.296. The molecular formula is C23H28F3N3O4. The molecule has 1 aromatic carbocycles. The third kappa shape index (κ3) is 7.05. The van der Waals surface area contributed by atoms with Gasteiger partial charge in [0, 0.05) is 18.2 Å². The van der Waals surface area contributed by atoms with Crippen molar-refractivity contribution in [2.24, 2.45) is 0 Å². The van der Waals surface area contributed by atoms with E-state index in [2.05, 4.69) is 10.00 Å². The molecule has 0 bridgehead atoms. The molecule has 3 rings (SSSR count). The predicted molar refractivity (Wildman–Crippen MR) is 114 cm³/mol. The van der Waals surface area contributed by atoms with Crippen LogP contribution >= 0.6 is 0 Å². The first kappa shape index (κ1) is 24.8. The van der Waals surface area contributed by atoms with Crippen molar-refractivity contribution in [3.05, 3.63) is 47.2 Å². The van der Waals surface area contributed by atoms with E-state index in [1.165, 1.54) is 37.5 Å². The summed E-state index contributed by atoms with van der Waals surface area (Å²) in [5, 5.41) is 4.17. The summed E-state index contributed by atoms with van der Waals surface area (Å²) in [5.41, 5.74) is -1.04. The number of ketones is 1. The molecule has 0 saturated carbocycles. The van der Waals surface area contributed by atoms with Gasteiger partial charge in [-0.2, -0.15) is 13.2 Å². The number of ether oxygens (including phenoxy) is 2. The van der Waals surface area contributed by atoms with Crippen molar-refractivity contribution in [1.29, 1.82) is 0 Å². The maximum atomic E-state index is 13.0. The number of carbonyl (C=O) groups is 2. The molecule has 180 valence electrons. The fourth-order valence-electron chi connectivity index (χ4n) is 3.70. The highest BCUT2D eigenvalue weighted by Gasteiger charge is 2.31. The molecule has 0 N–H and O–H groups in total. The van der Waals surface area contributed by atoms with E-state index in [4.69, 9.17) is 9.47 Å².